The number of amides is 1. The molecule has 166 valence electrons. The summed E-state index contributed by atoms with van der Waals surface area (Å²) >= 11 is 0. The molecule has 0 bridgehead atoms. The number of rotatable bonds is 7. The molecule has 1 unspecified atom stereocenters. The van der Waals surface area contributed by atoms with Crippen LogP contribution >= 0.6 is 0 Å². The van der Waals surface area contributed by atoms with Crippen molar-refractivity contribution in [1.82, 2.24) is 4.90 Å². The van der Waals surface area contributed by atoms with Gasteiger partial charge in [-0.1, -0.05) is 48.5 Å². The summed E-state index contributed by atoms with van der Waals surface area (Å²) in [4.78, 5) is 26.4. The average Bonchev–Trinajstić information content (AvgIpc) is 3.42. The number of benzene rings is 2. The maximum Gasteiger partial charge on any atom is 0.410 e. The maximum atomic E-state index is 12.8. The third kappa shape index (κ3) is 5.02. The topological polar surface area (TPSA) is 69.0 Å². The van der Waals surface area contributed by atoms with Crippen LogP contribution in [-0.2, 0) is 27.3 Å². The van der Waals surface area contributed by atoms with Crippen molar-refractivity contribution in [1.29, 1.82) is 0 Å². The molecule has 3 aromatic rings. The molecular formula is C26H27NO5. The highest BCUT2D eigenvalue weighted by molar-refractivity contribution is 5.90. The first kappa shape index (κ1) is 21.7. The summed E-state index contributed by atoms with van der Waals surface area (Å²) in [7, 11) is 0. The number of furan rings is 1. The fourth-order valence-corrected chi connectivity index (χ4v) is 4.12. The van der Waals surface area contributed by atoms with E-state index in [1.807, 2.05) is 59.5 Å². The number of carbonyl (C=O) groups excluding carboxylic acids is 2. The van der Waals surface area contributed by atoms with Gasteiger partial charge in [0.25, 0.3) is 0 Å². The molecular weight excluding hydrogens is 406 g/mol. The molecule has 0 saturated carbocycles. The van der Waals surface area contributed by atoms with Crippen LogP contribution in [0.15, 0.2) is 65.1 Å². The van der Waals surface area contributed by atoms with Crippen molar-refractivity contribution in [2.75, 3.05) is 13.2 Å². The summed E-state index contributed by atoms with van der Waals surface area (Å²) in [5, 5.41) is 0.987. The van der Waals surface area contributed by atoms with Gasteiger partial charge < -0.3 is 18.8 Å². The van der Waals surface area contributed by atoms with E-state index in [2.05, 4.69) is 0 Å². The smallest absolute Gasteiger partial charge is 0.410 e. The lowest BCUT2D eigenvalue weighted by Crippen LogP contribution is -2.37. The number of para-hydroxylation sites is 1. The molecule has 1 aromatic heterocycles. The Bertz CT molecular complexity index is 1100. The van der Waals surface area contributed by atoms with Gasteiger partial charge in [-0.15, -0.1) is 0 Å². The van der Waals surface area contributed by atoms with Crippen LogP contribution in [0.4, 0.5) is 4.79 Å². The van der Waals surface area contributed by atoms with Gasteiger partial charge in [0, 0.05) is 29.6 Å². The average molecular weight is 434 g/mol. The molecule has 6 nitrogen and oxygen atoms in total. The van der Waals surface area contributed by atoms with E-state index in [-0.39, 0.29) is 18.7 Å². The minimum atomic E-state index is -0.411. The Morgan fingerprint density at radius 2 is 1.88 bits per heavy atom. The third-order valence-corrected chi connectivity index (χ3v) is 5.64. The molecule has 32 heavy (non-hydrogen) atoms. The van der Waals surface area contributed by atoms with Crippen LogP contribution in [0.5, 0.6) is 0 Å². The fraction of sp³-hybridized carbons (Fsp3) is 0.308. The monoisotopic (exact) mass is 433 g/mol. The summed E-state index contributed by atoms with van der Waals surface area (Å²) in [5.41, 5.74) is 2.69. The Kier molecular flexibility index (Phi) is 6.90. The SMILES string of the molecule is CCOC(=O)/C=C/c1oc2ccccc2c1CC1CCCN1C(=O)OCc1ccccc1. The molecule has 1 atom stereocenters. The molecule has 1 aliphatic rings. The largest absolute Gasteiger partial charge is 0.463 e. The number of nitrogens with zero attached hydrogens (tertiary/aromatic N) is 1. The Morgan fingerprint density at radius 3 is 2.69 bits per heavy atom. The van der Waals surface area contributed by atoms with Gasteiger partial charge in [-0.3, -0.25) is 0 Å². The van der Waals surface area contributed by atoms with Crippen LogP contribution in [0.2, 0.25) is 0 Å². The Morgan fingerprint density at radius 1 is 1.09 bits per heavy atom. The van der Waals surface area contributed by atoms with Gasteiger partial charge in [-0.05, 0) is 43.9 Å². The molecule has 2 aromatic carbocycles. The van der Waals surface area contributed by atoms with Gasteiger partial charge in [-0.25, -0.2) is 9.59 Å². The lowest BCUT2D eigenvalue weighted by molar-refractivity contribution is -0.137. The molecule has 1 fully saturated rings. The van der Waals surface area contributed by atoms with Gasteiger partial charge in [-0.2, -0.15) is 0 Å². The van der Waals surface area contributed by atoms with Crippen molar-refractivity contribution in [3.63, 3.8) is 0 Å². The van der Waals surface area contributed by atoms with Crippen LogP contribution in [0.1, 0.15) is 36.7 Å². The maximum absolute atomic E-state index is 12.8. The molecule has 1 amide bonds. The van der Waals surface area contributed by atoms with Crippen molar-refractivity contribution in [2.24, 2.45) is 0 Å². The predicted octanol–water partition coefficient (Wildman–Crippen LogP) is 5.35. The molecule has 6 heteroatoms. The quantitative estimate of drug-likeness (QED) is 0.371. The van der Waals surface area contributed by atoms with Gasteiger partial charge in [0.15, 0.2) is 0 Å². The summed E-state index contributed by atoms with van der Waals surface area (Å²) in [6.45, 7) is 3.01. The van der Waals surface area contributed by atoms with Gasteiger partial charge in [0.1, 0.15) is 18.0 Å². The number of carbonyl (C=O) groups is 2. The van der Waals surface area contributed by atoms with Gasteiger partial charge in [0.05, 0.1) is 6.61 Å². The minimum absolute atomic E-state index is 0.00835. The number of hydrogen-bond donors (Lipinski definition) is 0. The van der Waals surface area contributed by atoms with Crippen molar-refractivity contribution in [3.05, 3.63) is 77.6 Å². The Hall–Kier alpha value is -3.54. The van der Waals surface area contributed by atoms with Crippen molar-refractivity contribution in [3.8, 4) is 0 Å². The third-order valence-electron chi connectivity index (χ3n) is 5.64. The standard InChI is InChI=1S/C26H27NO5/c1-2-30-25(28)15-14-24-22(21-12-6-7-13-23(21)32-24)17-20-11-8-16-27(20)26(29)31-18-19-9-4-3-5-10-19/h3-7,9-10,12-15,20H,2,8,11,16-18H2,1H3/b15-14+. The predicted molar refractivity (Wildman–Crippen MR) is 122 cm³/mol. The van der Waals surface area contributed by atoms with Crippen LogP contribution in [0.25, 0.3) is 17.0 Å². The molecule has 0 spiro atoms. The summed E-state index contributed by atoms with van der Waals surface area (Å²) in [5.74, 6) is 0.203. The van der Waals surface area contributed by atoms with E-state index in [0.29, 0.717) is 25.3 Å². The molecule has 4 rings (SSSR count). The molecule has 1 saturated heterocycles. The Balaban J connectivity index is 1.51. The number of fused-ring (bicyclic) bond motifs is 1. The number of hydrogen-bond acceptors (Lipinski definition) is 5. The first-order valence-corrected chi connectivity index (χ1v) is 11.0. The zero-order valence-electron chi connectivity index (χ0n) is 18.2. The number of likely N-dealkylation sites (tertiary alicyclic amines) is 1. The van der Waals surface area contributed by atoms with Gasteiger partial charge >= 0.3 is 12.1 Å². The zero-order valence-corrected chi connectivity index (χ0v) is 18.2. The lowest BCUT2D eigenvalue weighted by atomic mass is 10.0. The summed E-state index contributed by atoms with van der Waals surface area (Å²) in [6, 6.07) is 17.5. The van der Waals surface area contributed by atoms with E-state index in [1.165, 1.54) is 6.08 Å². The van der Waals surface area contributed by atoms with Crippen LogP contribution in [0, 0.1) is 0 Å². The number of esters is 1. The highest BCUT2D eigenvalue weighted by Gasteiger charge is 2.31. The van der Waals surface area contributed by atoms with Crippen molar-refractivity contribution < 1.29 is 23.5 Å². The van der Waals surface area contributed by atoms with E-state index >= 15 is 0 Å². The van der Waals surface area contributed by atoms with E-state index < -0.39 is 5.97 Å². The molecule has 1 aliphatic heterocycles. The zero-order chi connectivity index (χ0) is 22.3. The lowest BCUT2D eigenvalue weighted by Gasteiger charge is -2.24. The highest BCUT2D eigenvalue weighted by atomic mass is 16.6. The first-order chi connectivity index (χ1) is 15.7. The van der Waals surface area contributed by atoms with E-state index in [1.54, 1.807) is 13.0 Å². The van der Waals surface area contributed by atoms with Crippen LogP contribution < -0.4 is 0 Å². The van der Waals surface area contributed by atoms with Crippen LogP contribution in [0.3, 0.4) is 0 Å². The highest BCUT2D eigenvalue weighted by Crippen LogP contribution is 2.31. The minimum Gasteiger partial charge on any atom is -0.463 e. The molecule has 0 aliphatic carbocycles. The molecule has 0 radical (unpaired) electrons. The van der Waals surface area contributed by atoms with Crippen molar-refractivity contribution >= 4 is 29.1 Å². The fourth-order valence-electron chi connectivity index (χ4n) is 4.12. The van der Waals surface area contributed by atoms with E-state index in [9.17, 15) is 9.59 Å². The van der Waals surface area contributed by atoms with Crippen LogP contribution in [-0.4, -0.2) is 36.2 Å². The number of ether oxygens (including phenoxy) is 2. The summed E-state index contributed by atoms with van der Waals surface area (Å²) in [6.07, 6.45) is 5.18. The molecule has 0 N–H and O–H groups in total. The Labute approximate surface area is 187 Å². The second-order valence-electron chi connectivity index (χ2n) is 7.76. The normalized spacial score (nSPS) is 16.0. The van der Waals surface area contributed by atoms with E-state index in [4.69, 9.17) is 13.9 Å². The first-order valence-electron chi connectivity index (χ1n) is 11.0. The summed E-state index contributed by atoms with van der Waals surface area (Å²) < 4.78 is 16.6. The second kappa shape index (κ2) is 10.2. The van der Waals surface area contributed by atoms with Gasteiger partial charge in [0.2, 0.25) is 0 Å². The molecule has 2 heterocycles. The van der Waals surface area contributed by atoms with E-state index in [0.717, 1.165) is 34.9 Å². The van der Waals surface area contributed by atoms with Crippen molar-refractivity contribution in [2.45, 2.75) is 38.8 Å². The second-order valence-corrected chi connectivity index (χ2v) is 7.76.